The lowest BCUT2D eigenvalue weighted by Crippen LogP contribution is -2.53. The smallest absolute Gasteiger partial charge is 0.0246 e. The van der Waals surface area contributed by atoms with Gasteiger partial charge >= 0.3 is 0 Å². The minimum atomic E-state index is 0.660. The molecule has 1 saturated carbocycles. The number of hydrogen-bond acceptors (Lipinski definition) is 2. The van der Waals surface area contributed by atoms with E-state index in [0.29, 0.717) is 6.04 Å². The number of likely N-dealkylation sites (tertiary alicyclic amines) is 1. The fourth-order valence-electron chi connectivity index (χ4n) is 3.87. The topological polar surface area (TPSA) is 29.3 Å². The van der Waals surface area contributed by atoms with Crippen LogP contribution in [0, 0.1) is 5.92 Å². The molecule has 0 aromatic carbocycles. The second kappa shape index (κ2) is 6.75. The van der Waals surface area contributed by atoms with Crippen molar-refractivity contribution in [3.63, 3.8) is 0 Å². The second-order valence-electron chi connectivity index (χ2n) is 6.16. The average Bonchev–Trinajstić information content (AvgIpc) is 2.28. The zero-order valence-electron chi connectivity index (χ0n) is 11.5. The molecule has 2 nitrogen and oxygen atoms in total. The van der Waals surface area contributed by atoms with Gasteiger partial charge in [-0.1, -0.05) is 39.0 Å². The number of nitrogens with two attached hydrogens (primary N) is 1. The molecule has 1 heterocycles. The maximum absolute atomic E-state index is 6.02. The molecule has 2 unspecified atom stereocenters. The van der Waals surface area contributed by atoms with Crippen LogP contribution in [0.2, 0.25) is 0 Å². The summed E-state index contributed by atoms with van der Waals surface area (Å²) in [6.45, 7) is 4.56. The van der Waals surface area contributed by atoms with Crippen LogP contribution < -0.4 is 5.73 Å². The van der Waals surface area contributed by atoms with Gasteiger partial charge in [-0.05, 0) is 38.1 Å². The summed E-state index contributed by atoms with van der Waals surface area (Å²) in [6.07, 6.45) is 12.8. The van der Waals surface area contributed by atoms with E-state index in [-0.39, 0.29) is 0 Å². The second-order valence-corrected chi connectivity index (χ2v) is 6.16. The van der Waals surface area contributed by atoms with Gasteiger partial charge in [-0.2, -0.15) is 0 Å². The van der Waals surface area contributed by atoms with Crippen molar-refractivity contribution in [1.82, 2.24) is 4.90 Å². The van der Waals surface area contributed by atoms with Crippen molar-refractivity contribution in [1.29, 1.82) is 0 Å². The van der Waals surface area contributed by atoms with Gasteiger partial charge in [-0.25, -0.2) is 0 Å². The molecule has 2 aliphatic rings. The van der Waals surface area contributed by atoms with Crippen LogP contribution in [0.5, 0.6) is 0 Å². The Morgan fingerprint density at radius 1 is 0.941 bits per heavy atom. The molecule has 0 bridgehead atoms. The summed E-state index contributed by atoms with van der Waals surface area (Å²) in [6, 6.07) is 1.50. The van der Waals surface area contributed by atoms with Crippen LogP contribution in [-0.4, -0.2) is 30.1 Å². The number of nitrogens with zero attached hydrogens (tertiary/aromatic N) is 1. The number of piperidine rings is 1. The van der Waals surface area contributed by atoms with Gasteiger partial charge in [0.25, 0.3) is 0 Å². The lowest BCUT2D eigenvalue weighted by molar-refractivity contribution is 0.0500. The van der Waals surface area contributed by atoms with Gasteiger partial charge < -0.3 is 5.73 Å². The highest BCUT2D eigenvalue weighted by Crippen LogP contribution is 2.29. The van der Waals surface area contributed by atoms with E-state index in [1.54, 1.807) is 0 Å². The predicted molar refractivity (Wildman–Crippen MR) is 74.1 cm³/mol. The third kappa shape index (κ3) is 3.45. The molecular formula is C15H30N2. The number of rotatable bonds is 2. The van der Waals surface area contributed by atoms with Gasteiger partial charge in [0.15, 0.2) is 0 Å². The van der Waals surface area contributed by atoms with E-state index in [2.05, 4.69) is 11.8 Å². The van der Waals surface area contributed by atoms with Gasteiger partial charge in [0.2, 0.25) is 0 Å². The summed E-state index contributed by atoms with van der Waals surface area (Å²) in [7, 11) is 0. The fourth-order valence-corrected chi connectivity index (χ4v) is 3.87. The molecule has 2 fully saturated rings. The Bertz CT molecular complexity index is 209. The highest BCUT2D eigenvalue weighted by Gasteiger charge is 2.31. The maximum Gasteiger partial charge on any atom is 0.0246 e. The number of hydrogen-bond donors (Lipinski definition) is 1. The molecule has 100 valence electrons. The summed E-state index contributed by atoms with van der Waals surface area (Å²) in [5.41, 5.74) is 6.02. The molecule has 0 amide bonds. The highest BCUT2D eigenvalue weighted by atomic mass is 15.2. The van der Waals surface area contributed by atoms with Crippen molar-refractivity contribution in [2.75, 3.05) is 13.1 Å². The lowest BCUT2D eigenvalue weighted by Gasteiger charge is -2.44. The van der Waals surface area contributed by atoms with E-state index in [1.165, 1.54) is 64.3 Å². The summed E-state index contributed by atoms with van der Waals surface area (Å²) >= 11 is 0. The third-order valence-corrected chi connectivity index (χ3v) is 4.94. The van der Waals surface area contributed by atoms with Gasteiger partial charge in [0.1, 0.15) is 0 Å². The molecule has 1 saturated heterocycles. The van der Waals surface area contributed by atoms with Crippen LogP contribution in [0.4, 0.5) is 0 Å². The minimum absolute atomic E-state index is 0.660. The van der Waals surface area contributed by atoms with Gasteiger partial charge in [0.05, 0.1) is 0 Å². The van der Waals surface area contributed by atoms with Crippen LogP contribution >= 0.6 is 0 Å². The average molecular weight is 238 g/mol. The van der Waals surface area contributed by atoms with E-state index < -0.39 is 0 Å². The summed E-state index contributed by atoms with van der Waals surface area (Å²) in [5, 5.41) is 0. The first-order valence-electron chi connectivity index (χ1n) is 7.78. The van der Waals surface area contributed by atoms with Crippen molar-refractivity contribution in [3.05, 3.63) is 0 Å². The molecule has 0 radical (unpaired) electrons. The molecule has 2 N–H and O–H groups in total. The van der Waals surface area contributed by atoms with E-state index in [4.69, 9.17) is 5.73 Å². The van der Waals surface area contributed by atoms with E-state index >= 15 is 0 Å². The quantitative estimate of drug-likeness (QED) is 0.800. The van der Waals surface area contributed by atoms with Crippen molar-refractivity contribution < 1.29 is 0 Å². The Balaban J connectivity index is 1.96. The lowest BCUT2D eigenvalue weighted by atomic mass is 9.86. The van der Waals surface area contributed by atoms with Gasteiger partial charge in [-0.15, -0.1) is 0 Å². The Morgan fingerprint density at radius 2 is 1.59 bits per heavy atom. The van der Waals surface area contributed by atoms with Crippen molar-refractivity contribution in [3.8, 4) is 0 Å². The summed E-state index contributed by atoms with van der Waals surface area (Å²) < 4.78 is 0. The molecule has 17 heavy (non-hydrogen) atoms. The molecule has 1 aliphatic heterocycles. The van der Waals surface area contributed by atoms with E-state index in [9.17, 15) is 0 Å². The van der Waals surface area contributed by atoms with Crippen LogP contribution in [-0.2, 0) is 0 Å². The zero-order valence-corrected chi connectivity index (χ0v) is 11.5. The normalized spacial score (nSPS) is 34.2. The Kier molecular flexibility index (Phi) is 5.30. The molecule has 1 aliphatic carbocycles. The van der Waals surface area contributed by atoms with Crippen LogP contribution in [0.15, 0.2) is 0 Å². The molecule has 0 spiro atoms. The largest absolute Gasteiger partial charge is 0.329 e. The van der Waals surface area contributed by atoms with E-state index in [0.717, 1.165) is 18.5 Å². The highest BCUT2D eigenvalue weighted by molar-refractivity contribution is 4.87. The van der Waals surface area contributed by atoms with Gasteiger partial charge in [0, 0.05) is 18.6 Å². The SMILES string of the molecule is CC1CCCN(C2CCCCCCC2)C1CN. The molecular weight excluding hydrogens is 208 g/mol. The van der Waals surface area contributed by atoms with Crippen molar-refractivity contribution in [2.45, 2.75) is 76.8 Å². The van der Waals surface area contributed by atoms with Crippen LogP contribution in [0.3, 0.4) is 0 Å². The Morgan fingerprint density at radius 3 is 2.24 bits per heavy atom. The zero-order chi connectivity index (χ0) is 12.1. The van der Waals surface area contributed by atoms with Crippen LogP contribution in [0.25, 0.3) is 0 Å². The predicted octanol–water partition coefficient (Wildman–Crippen LogP) is 3.16. The first kappa shape index (κ1) is 13.4. The Labute approximate surface area is 107 Å². The standard InChI is InChI=1S/C15H30N2/c1-13-8-7-11-17(15(13)12-16)14-9-5-3-2-4-6-10-14/h13-15H,2-12,16H2,1H3. The minimum Gasteiger partial charge on any atom is -0.329 e. The van der Waals surface area contributed by atoms with E-state index in [1.807, 2.05) is 0 Å². The molecule has 0 aromatic rings. The van der Waals surface area contributed by atoms with Gasteiger partial charge in [-0.3, -0.25) is 4.90 Å². The first-order chi connectivity index (χ1) is 8.33. The maximum atomic E-state index is 6.02. The molecule has 2 rings (SSSR count). The van der Waals surface area contributed by atoms with Crippen molar-refractivity contribution >= 4 is 0 Å². The first-order valence-corrected chi connectivity index (χ1v) is 7.78. The van der Waals surface area contributed by atoms with Crippen molar-refractivity contribution in [2.24, 2.45) is 11.7 Å². The molecule has 0 aromatic heterocycles. The molecule has 2 atom stereocenters. The monoisotopic (exact) mass is 238 g/mol. The molecule has 2 heteroatoms. The van der Waals surface area contributed by atoms with Crippen LogP contribution in [0.1, 0.15) is 64.7 Å². The summed E-state index contributed by atoms with van der Waals surface area (Å²) in [4.78, 5) is 2.78. The summed E-state index contributed by atoms with van der Waals surface area (Å²) in [5.74, 6) is 0.805. The Hall–Kier alpha value is -0.0800. The fraction of sp³-hybridized carbons (Fsp3) is 1.00. The third-order valence-electron chi connectivity index (χ3n) is 4.94.